The van der Waals surface area contributed by atoms with Crippen molar-refractivity contribution in [3.05, 3.63) is 35.1 Å². The fourth-order valence-electron chi connectivity index (χ4n) is 1.28. The Morgan fingerprint density at radius 2 is 1.83 bits per heavy atom. The van der Waals surface area contributed by atoms with E-state index in [4.69, 9.17) is 5.73 Å². The monoisotopic (exact) mass is 165 g/mol. The third-order valence-electron chi connectivity index (χ3n) is 1.72. The molecule has 0 fully saturated rings. The summed E-state index contributed by atoms with van der Waals surface area (Å²) < 4.78 is 0. The van der Waals surface area contributed by atoms with E-state index in [1.807, 2.05) is 0 Å². The van der Waals surface area contributed by atoms with Crippen molar-refractivity contribution in [3.63, 3.8) is 0 Å². The first kappa shape index (κ1) is 11.0. The van der Waals surface area contributed by atoms with Gasteiger partial charge in [0.2, 0.25) is 0 Å². The van der Waals surface area contributed by atoms with Gasteiger partial charge in [-0.15, -0.1) is 0 Å². The SMILES string of the molecule is C=C(N)/C(CC)=C(/C)C=C(C)C. The summed E-state index contributed by atoms with van der Waals surface area (Å²) in [6.45, 7) is 12.1. The van der Waals surface area contributed by atoms with Crippen LogP contribution in [0, 0.1) is 0 Å². The minimum absolute atomic E-state index is 0.688. The molecule has 0 aliphatic carbocycles. The van der Waals surface area contributed by atoms with Gasteiger partial charge in [0.15, 0.2) is 0 Å². The van der Waals surface area contributed by atoms with E-state index >= 15 is 0 Å². The smallest absolute Gasteiger partial charge is 0.0276 e. The molecule has 1 nitrogen and oxygen atoms in total. The molecule has 0 amide bonds. The highest BCUT2D eigenvalue weighted by Gasteiger charge is 1.98. The fourth-order valence-corrected chi connectivity index (χ4v) is 1.28. The van der Waals surface area contributed by atoms with Gasteiger partial charge in [0.05, 0.1) is 0 Å². The van der Waals surface area contributed by atoms with Crippen molar-refractivity contribution in [1.29, 1.82) is 0 Å². The maximum absolute atomic E-state index is 5.64. The molecule has 0 rings (SSSR count). The zero-order valence-electron chi connectivity index (χ0n) is 8.57. The Balaban J connectivity index is 4.85. The molecule has 0 radical (unpaired) electrons. The molecule has 0 aliphatic heterocycles. The summed E-state index contributed by atoms with van der Waals surface area (Å²) in [5, 5.41) is 0. The van der Waals surface area contributed by atoms with Crippen LogP contribution in [0.2, 0.25) is 0 Å². The number of rotatable bonds is 3. The van der Waals surface area contributed by atoms with Gasteiger partial charge in [-0.1, -0.05) is 25.2 Å². The van der Waals surface area contributed by atoms with Crippen molar-refractivity contribution < 1.29 is 0 Å². The first-order chi connectivity index (χ1) is 5.49. The summed E-state index contributed by atoms with van der Waals surface area (Å²) in [5.74, 6) is 0. The van der Waals surface area contributed by atoms with Gasteiger partial charge in [0.25, 0.3) is 0 Å². The predicted molar refractivity (Wildman–Crippen MR) is 55.7 cm³/mol. The van der Waals surface area contributed by atoms with Crippen molar-refractivity contribution in [3.8, 4) is 0 Å². The van der Waals surface area contributed by atoms with E-state index < -0.39 is 0 Å². The van der Waals surface area contributed by atoms with Crippen LogP contribution in [0.25, 0.3) is 0 Å². The molecular formula is C11H19N. The molecule has 0 saturated carbocycles. The van der Waals surface area contributed by atoms with E-state index in [0.29, 0.717) is 5.70 Å². The summed E-state index contributed by atoms with van der Waals surface area (Å²) in [5.41, 5.74) is 10.0. The van der Waals surface area contributed by atoms with Gasteiger partial charge < -0.3 is 5.73 Å². The molecule has 68 valence electrons. The molecule has 0 aromatic rings. The van der Waals surface area contributed by atoms with Crippen LogP contribution in [0.3, 0.4) is 0 Å². The number of allylic oxidation sites excluding steroid dienone is 4. The Morgan fingerprint density at radius 1 is 1.33 bits per heavy atom. The Kier molecular flexibility index (Phi) is 4.42. The minimum Gasteiger partial charge on any atom is -0.399 e. The normalized spacial score (nSPS) is 12.0. The topological polar surface area (TPSA) is 26.0 Å². The van der Waals surface area contributed by atoms with Gasteiger partial charge in [-0.25, -0.2) is 0 Å². The Morgan fingerprint density at radius 3 is 2.08 bits per heavy atom. The quantitative estimate of drug-likeness (QED) is 0.639. The van der Waals surface area contributed by atoms with Gasteiger partial charge >= 0.3 is 0 Å². The molecule has 0 unspecified atom stereocenters. The van der Waals surface area contributed by atoms with E-state index in [9.17, 15) is 0 Å². The number of nitrogens with two attached hydrogens (primary N) is 1. The lowest BCUT2D eigenvalue weighted by molar-refractivity contribution is 1.06. The molecular weight excluding hydrogens is 146 g/mol. The molecule has 0 bridgehead atoms. The molecule has 0 heterocycles. The largest absolute Gasteiger partial charge is 0.399 e. The zero-order valence-corrected chi connectivity index (χ0v) is 8.57. The molecule has 2 N–H and O–H groups in total. The van der Waals surface area contributed by atoms with Gasteiger partial charge in [0, 0.05) is 5.70 Å². The number of hydrogen-bond donors (Lipinski definition) is 1. The van der Waals surface area contributed by atoms with Crippen molar-refractivity contribution in [2.24, 2.45) is 5.73 Å². The maximum atomic E-state index is 5.64. The average Bonchev–Trinajstić information content (AvgIpc) is 1.85. The summed E-state index contributed by atoms with van der Waals surface area (Å²) in [6, 6.07) is 0. The van der Waals surface area contributed by atoms with Gasteiger partial charge in [-0.2, -0.15) is 0 Å². The van der Waals surface area contributed by atoms with Crippen molar-refractivity contribution in [2.45, 2.75) is 34.1 Å². The third-order valence-corrected chi connectivity index (χ3v) is 1.72. The van der Waals surface area contributed by atoms with E-state index in [1.165, 1.54) is 11.1 Å². The highest BCUT2D eigenvalue weighted by molar-refractivity contribution is 5.36. The molecule has 0 spiro atoms. The molecule has 12 heavy (non-hydrogen) atoms. The van der Waals surface area contributed by atoms with Crippen LogP contribution in [0.5, 0.6) is 0 Å². The van der Waals surface area contributed by atoms with Crippen LogP contribution >= 0.6 is 0 Å². The van der Waals surface area contributed by atoms with E-state index in [1.54, 1.807) is 0 Å². The van der Waals surface area contributed by atoms with Crippen LogP contribution in [0.4, 0.5) is 0 Å². The summed E-state index contributed by atoms with van der Waals surface area (Å²) >= 11 is 0. The van der Waals surface area contributed by atoms with E-state index in [0.717, 1.165) is 12.0 Å². The fraction of sp³-hybridized carbons (Fsp3) is 0.455. The molecule has 0 aromatic carbocycles. The Labute approximate surface area is 75.7 Å². The lowest BCUT2D eigenvalue weighted by Crippen LogP contribution is -2.00. The summed E-state index contributed by atoms with van der Waals surface area (Å²) in [6.07, 6.45) is 3.09. The van der Waals surface area contributed by atoms with Crippen LogP contribution < -0.4 is 5.73 Å². The third kappa shape index (κ3) is 3.42. The summed E-state index contributed by atoms with van der Waals surface area (Å²) in [7, 11) is 0. The first-order valence-corrected chi connectivity index (χ1v) is 4.28. The summed E-state index contributed by atoms with van der Waals surface area (Å²) in [4.78, 5) is 0. The molecule has 0 aromatic heterocycles. The van der Waals surface area contributed by atoms with Crippen LogP contribution in [0.15, 0.2) is 35.1 Å². The van der Waals surface area contributed by atoms with Crippen LogP contribution in [-0.2, 0) is 0 Å². The minimum atomic E-state index is 0.688. The van der Waals surface area contributed by atoms with E-state index in [-0.39, 0.29) is 0 Å². The van der Waals surface area contributed by atoms with Crippen LogP contribution in [-0.4, -0.2) is 0 Å². The van der Waals surface area contributed by atoms with E-state index in [2.05, 4.69) is 40.3 Å². The maximum Gasteiger partial charge on any atom is 0.0276 e. The molecule has 0 saturated heterocycles. The standard InChI is InChI=1S/C11H19N/c1-6-11(10(5)12)9(4)7-8(2)3/h7H,5-6,12H2,1-4H3/b11-9-. The molecule has 1 heteroatoms. The average molecular weight is 165 g/mol. The van der Waals surface area contributed by atoms with Gasteiger partial charge in [-0.05, 0) is 38.3 Å². The first-order valence-electron chi connectivity index (χ1n) is 4.28. The van der Waals surface area contributed by atoms with Gasteiger partial charge in [0.1, 0.15) is 0 Å². The Hall–Kier alpha value is -0.980. The second-order valence-electron chi connectivity index (χ2n) is 3.26. The van der Waals surface area contributed by atoms with Crippen molar-refractivity contribution >= 4 is 0 Å². The van der Waals surface area contributed by atoms with Crippen molar-refractivity contribution in [2.75, 3.05) is 0 Å². The lowest BCUT2D eigenvalue weighted by Gasteiger charge is -2.06. The highest BCUT2D eigenvalue weighted by Crippen LogP contribution is 2.15. The second kappa shape index (κ2) is 4.81. The molecule has 0 aliphatic rings. The van der Waals surface area contributed by atoms with Crippen LogP contribution in [0.1, 0.15) is 34.1 Å². The zero-order chi connectivity index (χ0) is 9.72. The second-order valence-corrected chi connectivity index (χ2v) is 3.26. The lowest BCUT2D eigenvalue weighted by atomic mass is 10.0. The number of hydrogen-bond acceptors (Lipinski definition) is 1. The highest BCUT2D eigenvalue weighted by atomic mass is 14.6. The van der Waals surface area contributed by atoms with Crippen molar-refractivity contribution in [1.82, 2.24) is 0 Å². The molecule has 0 atom stereocenters. The van der Waals surface area contributed by atoms with Gasteiger partial charge in [-0.3, -0.25) is 0 Å². The Bertz CT molecular complexity index is 227. The predicted octanol–water partition coefficient (Wildman–Crippen LogP) is 3.15.